The Hall–Kier alpha value is -3.07. The summed E-state index contributed by atoms with van der Waals surface area (Å²) in [6.45, 7) is 2.23. The maximum atomic E-state index is 11.3. The Morgan fingerprint density at radius 2 is 1.77 bits per heavy atom. The molecule has 0 aromatic heterocycles. The molecule has 30 heavy (non-hydrogen) atoms. The zero-order valence-corrected chi connectivity index (χ0v) is 17.3. The molecule has 3 nitrogen and oxygen atoms in total. The summed E-state index contributed by atoms with van der Waals surface area (Å²) >= 11 is 0. The highest BCUT2D eigenvalue weighted by atomic mass is 16.4. The van der Waals surface area contributed by atoms with E-state index >= 15 is 0 Å². The number of benzene rings is 3. The van der Waals surface area contributed by atoms with Crippen molar-refractivity contribution < 1.29 is 9.90 Å². The van der Waals surface area contributed by atoms with Gasteiger partial charge in [-0.3, -0.25) is 0 Å². The number of nitrogens with one attached hydrogen (secondary N) is 1. The number of aryl methyl sites for hydroxylation is 2. The SMILES string of the molecule is CCCCc1ccc(-c2ccc3c(c2)NC2c4ccc(C(=O)O)cc4CCC32)cc1. The minimum absolute atomic E-state index is 0.235. The van der Waals surface area contributed by atoms with Gasteiger partial charge < -0.3 is 10.4 Å². The molecule has 1 heterocycles. The lowest BCUT2D eigenvalue weighted by Gasteiger charge is -2.29. The predicted molar refractivity (Wildman–Crippen MR) is 121 cm³/mol. The smallest absolute Gasteiger partial charge is 0.335 e. The third-order valence-corrected chi connectivity index (χ3v) is 6.72. The van der Waals surface area contributed by atoms with Crippen LogP contribution < -0.4 is 5.32 Å². The van der Waals surface area contributed by atoms with Crippen LogP contribution in [0.5, 0.6) is 0 Å². The van der Waals surface area contributed by atoms with Gasteiger partial charge in [0.15, 0.2) is 0 Å². The predicted octanol–water partition coefficient (Wildman–Crippen LogP) is 6.59. The number of carboxylic acids is 1. The van der Waals surface area contributed by atoms with Crippen LogP contribution in [-0.2, 0) is 12.8 Å². The molecule has 1 aliphatic carbocycles. The largest absolute Gasteiger partial charge is 0.478 e. The fourth-order valence-corrected chi connectivity index (χ4v) is 5.06. The lowest BCUT2D eigenvalue weighted by Crippen LogP contribution is -2.19. The standard InChI is InChI=1S/C27H27NO2/c1-2-3-4-17-5-7-18(8-6-17)19-9-13-23-24-14-10-20-15-21(27(29)30)11-12-22(20)26(24)28-25(23)16-19/h5-9,11-13,15-16,24,26,28H,2-4,10,14H2,1H3,(H,29,30). The van der Waals surface area contributed by atoms with E-state index in [1.807, 2.05) is 12.1 Å². The molecule has 3 aromatic carbocycles. The molecular weight excluding hydrogens is 370 g/mol. The molecule has 0 saturated carbocycles. The van der Waals surface area contributed by atoms with Crippen LogP contribution in [0.15, 0.2) is 60.7 Å². The lowest BCUT2D eigenvalue weighted by atomic mass is 9.78. The van der Waals surface area contributed by atoms with Crippen LogP contribution in [0, 0.1) is 0 Å². The molecule has 0 saturated heterocycles. The van der Waals surface area contributed by atoms with Gasteiger partial charge in [0.25, 0.3) is 0 Å². The van der Waals surface area contributed by atoms with E-state index in [2.05, 4.69) is 54.7 Å². The van der Waals surface area contributed by atoms with Crippen LogP contribution in [0.4, 0.5) is 5.69 Å². The Bertz CT molecular complexity index is 1100. The second kappa shape index (κ2) is 7.64. The van der Waals surface area contributed by atoms with Gasteiger partial charge in [-0.25, -0.2) is 4.79 Å². The number of hydrogen-bond acceptors (Lipinski definition) is 2. The molecule has 2 N–H and O–H groups in total. The van der Waals surface area contributed by atoms with Crippen molar-refractivity contribution in [1.82, 2.24) is 0 Å². The molecule has 2 atom stereocenters. The minimum Gasteiger partial charge on any atom is -0.478 e. The first-order chi connectivity index (χ1) is 14.6. The highest BCUT2D eigenvalue weighted by Gasteiger charge is 2.37. The van der Waals surface area contributed by atoms with Gasteiger partial charge in [-0.15, -0.1) is 0 Å². The molecule has 3 heteroatoms. The molecule has 2 aliphatic rings. The molecular formula is C27H27NO2. The fraction of sp³-hybridized carbons (Fsp3) is 0.296. The Kier molecular flexibility index (Phi) is 4.82. The maximum Gasteiger partial charge on any atom is 0.335 e. The van der Waals surface area contributed by atoms with Crippen molar-refractivity contribution in [3.63, 3.8) is 0 Å². The van der Waals surface area contributed by atoms with Gasteiger partial charge in [0.05, 0.1) is 11.6 Å². The number of hydrogen-bond donors (Lipinski definition) is 2. The van der Waals surface area contributed by atoms with Gasteiger partial charge in [-0.1, -0.05) is 55.8 Å². The average Bonchev–Trinajstić information content (AvgIpc) is 3.15. The zero-order chi connectivity index (χ0) is 20.7. The molecule has 3 aromatic rings. The summed E-state index contributed by atoms with van der Waals surface area (Å²) in [6, 6.07) is 21.6. The van der Waals surface area contributed by atoms with Crippen molar-refractivity contribution in [3.8, 4) is 11.1 Å². The number of rotatable bonds is 5. The number of carbonyl (C=O) groups is 1. The Balaban J connectivity index is 1.42. The third kappa shape index (κ3) is 3.28. The van der Waals surface area contributed by atoms with E-state index in [0.717, 1.165) is 19.3 Å². The van der Waals surface area contributed by atoms with Crippen LogP contribution in [0.2, 0.25) is 0 Å². The van der Waals surface area contributed by atoms with Crippen molar-refractivity contribution in [2.45, 2.75) is 51.0 Å². The molecule has 1 aliphatic heterocycles. The Morgan fingerprint density at radius 3 is 2.53 bits per heavy atom. The number of anilines is 1. The summed E-state index contributed by atoms with van der Waals surface area (Å²) < 4.78 is 0. The molecule has 5 rings (SSSR count). The lowest BCUT2D eigenvalue weighted by molar-refractivity contribution is 0.0696. The average molecular weight is 398 g/mol. The van der Waals surface area contributed by atoms with Crippen molar-refractivity contribution in [1.29, 1.82) is 0 Å². The van der Waals surface area contributed by atoms with Crippen LogP contribution >= 0.6 is 0 Å². The van der Waals surface area contributed by atoms with Gasteiger partial charge in [0, 0.05) is 11.6 Å². The normalized spacial score (nSPS) is 18.8. The van der Waals surface area contributed by atoms with Crippen molar-refractivity contribution in [2.75, 3.05) is 5.32 Å². The molecule has 0 radical (unpaired) electrons. The molecule has 0 spiro atoms. The molecule has 152 valence electrons. The summed E-state index contributed by atoms with van der Waals surface area (Å²) in [7, 11) is 0. The third-order valence-electron chi connectivity index (χ3n) is 6.72. The van der Waals surface area contributed by atoms with Gasteiger partial charge in [-0.2, -0.15) is 0 Å². The second-order valence-corrected chi connectivity index (χ2v) is 8.59. The summed E-state index contributed by atoms with van der Waals surface area (Å²) in [5, 5.41) is 13.0. The first-order valence-electron chi connectivity index (χ1n) is 11.0. The first kappa shape index (κ1) is 18.9. The van der Waals surface area contributed by atoms with Crippen molar-refractivity contribution in [3.05, 3.63) is 88.5 Å². The van der Waals surface area contributed by atoms with Crippen molar-refractivity contribution >= 4 is 11.7 Å². The molecule has 0 amide bonds. The van der Waals surface area contributed by atoms with E-state index in [4.69, 9.17) is 0 Å². The van der Waals surface area contributed by atoms with Crippen LogP contribution in [0.3, 0.4) is 0 Å². The summed E-state index contributed by atoms with van der Waals surface area (Å²) in [4.78, 5) is 11.3. The van der Waals surface area contributed by atoms with E-state index in [1.165, 1.54) is 51.9 Å². The molecule has 2 unspecified atom stereocenters. The number of fused-ring (bicyclic) bond motifs is 5. The maximum absolute atomic E-state index is 11.3. The number of carboxylic acid groups (broad SMARTS) is 1. The summed E-state index contributed by atoms with van der Waals surface area (Å²) in [5.41, 5.74) is 9.29. The van der Waals surface area contributed by atoms with Crippen molar-refractivity contribution in [2.24, 2.45) is 0 Å². The van der Waals surface area contributed by atoms with E-state index in [9.17, 15) is 9.90 Å². The van der Waals surface area contributed by atoms with Crippen LogP contribution in [0.1, 0.15) is 70.8 Å². The zero-order valence-electron chi connectivity index (χ0n) is 17.3. The fourth-order valence-electron chi connectivity index (χ4n) is 5.06. The Labute approximate surface area is 177 Å². The topological polar surface area (TPSA) is 49.3 Å². The number of aromatic carboxylic acids is 1. The highest BCUT2D eigenvalue weighted by molar-refractivity contribution is 5.88. The quantitative estimate of drug-likeness (QED) is 0.510. The van der Waals surface area contributed by atoms with E-state index in [1.54, 1.807) is 6.07 Å². The number of unbranched alkanes of at least 4 members (excludes halogenated alkanes) is 1. The summed E-state index contributed by atoms with van der Waals surface area (Å²) in [5.74, 6) is -0.401. The highest BCUT2D eigenvalue weighted by Crippen LogP contribution is 2.50. The van der Waals surface area contributed by atoms with Gasteiger partial charge in [0.2, 0.25) is 0 Å². The monoisotopic (exact) mass is 397 g/mol. The van der Waals surface area contributed by atoms with E-state index in [0.29, 0.717) is 11.5 Å². The van der Waals surface area contributed by atoms with Crippen LogP contribution in [-0.4, -0.2) is 11.1 Å². The van der Waals surface area contributed by atoms with Gasteiger partial charge in [0.1, 0.15) is 0 Å². The van der Waals surface area contributed by atoms with E-state index in [-0.39, 0.29) is 6.04 Å². The van der Waals surface area contributed by atoms with Crippen LogP contribution in [0.25, 0.3) is 11.1 Å². The second-order valence-electron chi connectivity index (χ2n) is 8.59. The summed E-state index contributed by atoms with van der Waals surface area (Å²) in [6.07, 6.45) is 5.59. The minimum atomic E-state index is -0.854. The molecule has 0 bridgehead atoms. The first-order valence-corrected chi connectivity index (χ1v) is 11.0. The molecule has 0 fully saturated rings. The van der Waals surface area contributed by atoms with Gasteiger partial charge >= 0.3 is 5.97 Å². The van der Waals surface area contributed by atoms with E-state index < -0.39 is 5.97 Å². The van der Waals surface area contributed by atoms with Gasteiger partial charge in [-0.05, 0) is 77.3 Å². The Morgan fingerprint density at radius 1 is 1.00 bits per heavy atom.